The zero-order valence-corrected chi connectivity index (χ0v) is 22.0. The second-order valence-corrected chi connectivity index (χ2v) is 10.7. The van der Waals surface area contributed by atoms with Gasteiger partial charge in [0.25, 0.3) is 0 Å². The van der Waals surface area contributed by atoms with Crippen LogP contribution in [0.5, 0.6) is 5.75 Å². The third-order valence-electron chi connectivity index (χ3n) is 7.77. The number of aliphatic hydroxyl groups excluding tert-OH is 2. The molecule has 208 valence electrons. The summed E-state index contributed by atoms with van der Waals surface area (Å²) in [5.74, 6) is -1.25. The standard InChI is InChI=1S/C29H31ClF2N2O5/c30-26-21(31)12-23-20(24(26)25-19(28(33)37)6-7-22(27(25)32)38-9-8-35)13-29(39-23,17-4-2-1-3-5-17)15-34-18-10-16(11-18)14-36/h1-7,12,16,18,22,27,34-36H,8-11,13-15H2,(H2,33,37)/t16?,18?,22?,27?,29-/m1/s1. The molecule has 5 N–H and O–H groups in total. The number of nitrogens with one attached hydrogen (secondary N) is 1. The van der Waals surface area contributed by atoms with Crippen molar-refractivity contribution in [3.63, 3.8) is 0 Å². The Kier molecular flexibility index (Phi) is 8.07. The third-order valence-corrected chi connectivity index (χ3v) is 8.14. The van der Waals surface area contributed by atoms with E-state index in [-0.39, 0.29) is 65.7 Å². The lowest BCUT2D eigenvalue weighted by molar-refractivity contribution is -0.114. The van der Waals surface area contributed by atoms with Gasteiger partial charge < -0.3 is 30.7 Å². The van der Waals surface area contributed by atoms with Crippen LogP contribution < -0.4 is 15.8 Å². The Bertz CT molecular complexity index is 1300. The molecule has 0 bridgehead atoms. The Balaban J connectivity index is 1.58. The normalized spacial score (nSPS) is 27.7. The fourth-order valence-corrected chi connectivity index (χ4v) is 5.96. The van der Waals surface area contributed by atoms with Crippen molar-refractivity contribution in [1.82, 2.24) is 5.32 Å². The van der Waals surface area contributed by atoms with Crippen LogP contribution in [-0.2, 0) is 21.6 Å². The van der Waals surface area contributed by atoms with E-state index in [0.717, 1.165) is 18.4 Å². The highest BCUT2D eigenvalue weighted by molar-refractivity contribution is 6.33. The summed E-state index contributed by atoms with van der Waals surface area (Å²) in [6, 6.07) is 10.8. The summed E-state index contributed by atoms with van der Waals surface area (Å²) in [4.78, 5) is 12.4. The number of aliphatic hydroxyl groups is 2. The van der Waals surface area contributed by atoms with Crippen LogP contribution in [0.1, 0.15) is 29.5 Å². The molecule has 1 heterocycles. The quantitative estimate of drug-likeness (QED) is 0.355. The van der Waals surface area contributed by atoms with E-state index in [4.69, 9.17) is 31.9 Å². The average molecular weight is 561 g/mol. The number of rotatable bonds is 10. The molecule has 1 fully saturated rings. The van der Waals surface area contributed by atoms with Crippen LogP contribution in [-0.4, -0.2) is 60.8 Å². The van der Waals surface area contributed by atoms with Crippen molar-refractivity contribution < 1.29 is 33.3 Å². The van der Waals surface area contributed by atoms with Crippen LogP contribution >= 0.6 is 11.6 Å². The minimum atomic E-state index is -1.90. The van der Waals surface area contributed by atoms with Crippen LogP contribution in [0.2, 0.25) is 5.02 Å². The van der Waals surface area contributed by atoms with E-state index >= 15 is 8.78 Å². The second-order valence-electron chi connectivity index (χ2n) is 10.3. The number of nitrogens with two attached hydrogens (primary N) is 1. The first-order valence-corrected chi connectivity index (χ1v) is 13.3. The fourth-order valence-electron chi connectivity index (χ4n) is 5.69. The summed E-state index contributed by atoms with van der Waals surface area (Å²) in [7, 11) is 0. The van der Waals surface area contributed by atoms with Gasteiger partial charge >= 0.3 is 0 Å². The average Bonchev–Trinajstić information content (AvgIpc) is 3.27. The van der Waals surface area contributed by atoms with Gasteiger partial charge in [-0.3, -0.25) is 4.79 Å². The molecule has 2 aromatic carbocycles. The first kappa shape index (κ1) is 27.7. The molecule has 2 aromatic rings. The first-order valence-electron chi connectivity index (χ1n) is 13.0. The number of ether oxygens (including phenoxy) is 2. The Morgan fingerprint density at radius 2 is 2.00 bits per heavy atom. The molecule has 0 saturated heterocycles. The number of fused-ring (bicyclic) bond motifs is 1. The lowest BCUT2D eigenvalue weighted by Crippen LogP contribution is -2.50. The number of hydrogen-bond acceptors (Lipinski definition) is 6. The molecular formula is C29H31ClF2N2O5. The van der Waals surface area contributed by atoms with Gasteiger partial charge in [0.1, 0.15) is 17.7 Å². The minimum Gasteiger partial charge on any atom is -0.480 e. The van der Waals surface area contributed by atoms with E-state index in [1.165, 1.54) is 18.2 Å². The Morgan fingerprint density at radius 1 is 1.26 bits per heavy atom. The lowest BCUT2D eigenvalue weighted by Gasteiger charge is -2.38. The molecule has 5 rings (SSSR count). The molecule has 0 spiro atoms. The summed E-state index contributed by atoms with van der Waals surface area (Å²) in [5, 5.41) is 21.7. The second kappa shape index (κ2) is 11.3. The monoisotopic (exact) mass is 560 g/mol. The van der Waals surface area contributed by atoms with Gasteiger partial charge in [-0.15, -0.1) is 0 Å². The van der Waals surface area contributed by atoms with Crippen molar-refractivity contribution >= 4 is 23.1 Å². The lowest BCUT2D eigenvalue weighted by atomic mass is 9.79. The summed E-state index contributed by atoms with van der Waals surface area (Å²) in [6.07, 6.45) is 1.55. The molecule has 3 aliphatic rings. The number of halogens is 3. The van der Waals surface area contributed by atoms with Gasteiger partial charge in [-0.25, -0.2) is 8.78 Å². The molecule has 1 aliphatic heterocycles. The summed E-state index contributed by atoms with van der Waals surface area (Å²) in [6.45, 7) is 0.0591. The Labute approximate surface area is 230 Å². The smallest absolute Gasteiger partial charge is 0.249 e. The Morgan fingerprint density at radius 3 is 2.67 bits per heavy atom. The van der Waals surface area contributed by atoms with Crippen molar-refractivity contribution in [1.29, 1.82) is 0 Å². The van der Waals surface area contributed by atoms with Crippen molar-refractivity contribution in [2.45, 2.75) is 43.2 Å². The summed E-state index contributed by atoms with van der Waals surface area (Å²) in [5.41, 5.74) is 5.67. The first-order chi connectivity index (χ1) is 18.8. The number of alkyl halides is 1. The number of carbonyl (C=O) groups excluding carboxylic acids is 1. The maximum Gasteiger partial charge on any atom is 0.249 e. The maximum atomic E-state index is 16.0. The molecule has 3 atom stereocenters. The number of carbonyl (C=O) groups is 1. The number of benzene rings is 2. The van der Waals surface area contributed by atoms with Gasteiger partial charge in [-0.2, -0.15) is 0 Å². The molecule has 2 aliphatic carbocycles. The van der Waals surface area contributed by atoms with Gasteiger partial charge in [-0.05, 0) is 24.3 Å². The molecule has 0 aromatic heterocycles. The highest BCUT2D eigenvalue weighted by Crippen LogP contribution is 2.50. The number of primary amides is 1. The molecule has 0 radical (unpaired) electrons. The molecule has 2 unspecified atom stereocenters. The topological polar surface area (TPSA) is 114 Å². The predicted octanol–water partition coefficient (Wildman–Crippen LogP) is 3.19. The number of amides is 1. The van der Waals surface area contributed by atoms with E-state index in [9.17, 15) is 9.90 Å². The maximum absolute atomic E-state index is 16.0. The minimum absolute atomic E-state index is 0.0247. The molecule has 7 nitrogen and oxygen atoms in total. The highest BCUT2D eigenvalue weighted by atomic mass is 35.5. The van der Waals surface area contributed by atoms with E-state index in [2.05, 4.69) is 5.32 Å². The van der Waals surface area contributed by atoms with Crippen LogP contribution in [0.15, 0.2) is 54.1 Å². The van der Waals surface area contributed by atoms with Crippen molar-refractivity contribution in [2.75, 3.05) is 26.4 Å². The van der Waals surface area contributed by atoms with E-state index < -0.39 is 29.6 Å². The van der Waals surface area contributed by atoms with Crippen LogP contribution in [0, 0.1) is 11.7 Å². The van der Waals surface area contributed by atoms with Gasteiger partial charge in [0, 0.05) is 54.0 Å². The molecule has 1 amide bonds. The third kappa shape index (κ3) is 5.21. The fraction of sp³-hybridized carbons (Fsp3) is 0.414. The SMILES string of the molecule is NC(=O)C1=C(c2c(Cl)c(F)cc3c2C[C@@](CNC2CC(CO)C2)(c2ccccc2)O3)C(F)C(OCCO)C=C1. The van der Waals surface area contributed by atoms with Gasteiger partial charge in [0.05, 0.1) is 18.2 Å². The Hall–Kier alpha value is -2.82. The van der Waals surface area contributed by atoms with E-state index in [1.807, 2.05) is 30.3 Å². The predicted molar refractivity (Wildman–Crippen MR) is 142 cm³/mol. The largest absolute Gasteiger partial charge is 0.480 e. The number of hydrogen-bond donors (Lipinski definition) is 4. The van der Waals surface area contributed by atoms with Crippen LogP contribution in [0.4, 0.5) is 8.78 Å². The summed E-state index contributed by atoms with van der Waals surface area (Å²) < 4.78 is 43.2. The highest BCUT2D eigenvalue weighted by Gasteiger charge is 2.46. The van der Waals surface area contributed by atoms with Crippen molar-refractivity contribution in [2.24, 2.45) is 11.7 Å². The van der Waals surface area contributed by atoms with E-state index in [1.54, 1.807) is 0 Å². The van der Waals surface area contributed by atoms with Gasteiger partial charge in [-0.1, -0.05) is 54.1 Å². The zero-order chi connectivity index (χ0) is 27.7. The van der Waals surface area contributed by atoms with E-state index in [0.29, 0.717) is 12.1 Å². The van der Waals surface area contributed by atoms with Gasteiger partial charge in [0.15, 0.2) is 11.8 Å². The molecule has 1 saturated carbocycles. The zero-order valence-electron chi connectivity index (χ0n) is 21.2. The van der Waals surface area contributed by atoms with Crippen molar-refractivity contribution in [3.8, 4) is 5.75 Å². The molecule has 10 heteroatoms. The summed E-state index contributed by atoms with van der Waals surface area (Å²) >= 11 is 6.50. The van der Waals surface area contributed by atoms with Crippen molar-refractivity contribution in [3.05, 3.63) is 81.7 Å². The van der Waals surface area contributed by atoms with Crippen LogP contribution in [0.3, 0.4) is 0 Å². The van der Waals surface area contributed by atoms with Crippen LogP contribution in [0.25, 0.3) is 5.57 Å². The van der Waals surface area contributed by atoms with Gasteiger partial charge in [0.2, 0.25) is 5.91 Å². The molecule has 39 heavy (non-hydrogen) atoms. The molecular weight excluding hydrogens is 530 g/mol.